The van der Waals surface area contributed by atoms with Gasteiger partial charge in [-0.15, -0.1) is 12.4 Å². The quantitative estimate of drug-likeness (QED) is 0.904. The van der Waals surface area contributed by atoms with Crippen molar-refractivity contribution in [3.8, 4) is 5.75 Å². The third-order valence-corrected chi connectivity index (χ3v) is 4.16. The van der Waals surface area contributed by atoms with E-state index in [0.717, 1.165) is 23.3 Å². The van der Waals surface area contributed by atoms with Crippen LogP contribution in [0.4, 0.5) is 0 Å². The molecule has 1 unspecified atom stereocenters. The standard InChI is InChI=1S/C14H21BrN2O.ClH/c1-16-12-4-3-7-17(10-12)9-11-5-6-14(18-2)13(15)8-11;/h5-6,8,12,16H,3-4,7,9-10H2,1-2H3;1H. The number of hydrogen-bond donors (Lipinski definition) is 1. The van der Waals surface area contributed by atoms with Crippen LogP contribution in [0.15, 0.2) is 22.7 Å². The molecule has 0 radical (unpaired) electrons. The van der Waals surface area contributed by atoms with Crippen molar-refractivity contribution in [2.45, 2.75) is 25.4 Å². The van der Waals surface area contributed by atoms with Crippen molar-refractivity contribution in [2.24, 2.45) is 0 Å². The zero-order chi connectivity index (χ0) is 13.0. The van der Waals surface area contributed by atoms with E-state index in [1.54, 1.807) is 7.11 Å². The highest BCUT2D eigenvalue weighted by atomic mass is 79.9. The highest BCUT2D eigenvalue weighted by Gasteiger charge is 2.18. The molecule has 2 rings (SSSR count). The molecule has 1 N–H and O–H groups in total. The smallest absolute Gasteiger partial charge is 0.133 e. The van der Waals surface area contributed by atoms with Gasteiger partial charge in [0.15, 0.2) is 0 Å². The third-order valence-electron chi connectivity index (χ3n) is 3.54. The van der Waals surface area contributed by atoms with Gasteiger partial charge in [0.2, 0.25) is 0 Å². The van der Waals surface area contributed by atoms with Gasteiger partial charge in [-0.3, -0.25) is 4.90 Å². The summed E-state index contributed by atoms with van der Waals surface area (Å²) >= 11 is 3.54. The third kappa shape index (κ3) is 4.63. The highest BCUT2D eigenvalue weighted by molar-refractivity contribution is 9.10. The Bertz CT molecular complexity index is 403. The van der Waals surface area contributed by atoms with Crippen LogP contribution in [0.5, 0.6) is 5.75 Å². The van der Waals surface area contributed by atoms with Gasteiger partial charge in [0.05, 0.1) is 11.6 Å². The molecule has 5 heteroatoms. The number of halogens is 2. The fraction of sp³-hybridized carbons (Fsp3) is 0.571. The van der Waals surface area contributed by atoms with Gasteiger partial charge >= 0.3 is 0 Å². The van der Waals surface area contributed by atoms with E-state index in [0.29, 0.717) is 6.04 Å². The Labute approximate surface area is 130 Å². The van der Waals surface area contributed by atoms with Crippen LogP contribution in [-0.2, 0) is 6.54 Å². The normalized spacial score (nSPS) is 19.8. The summed E-state index contributed by atoms with van der Waals surface area (Å²) in [5.41, 5.74) is 1.33. The second-order valence-corrected chi connectivity index (χ2v) is 5.69. The van der Waals surface area contributed by atoms with Crippen molar-refractivity contribution >= 4 is 28.3 Å². The number of rotatable bonds is 4. The zero-order valence-electron chi connectivity index (χ0n) is 11.5. The van der Waals surface area contributed by atoms with Gasteiger partial charge in [0, 0.05) is 19.1 Å². The van der Waals surface area contributed by atoms with E-state index >= 15 is 0 Å². The number of nitrogens with one attached hydrogen (secondary N) is 1. The van der Waals surface area contributed by atoms with Crippen LogP contribution >= 0.6 is 28.3 Å². The fourth-order valence-corrected chi connectivity index (χ4v) is 3.09. The molecule has 1 saturated heterocycles. The number of benzene rings is 1. The van der Waals surface area contributed by atoms with E-state index in [2.05, 4.69) is 45.3 Å². The molecule has 1 aliphatic heterocycles. The first-order chi connectivity index (χ1) is 8.72. The predicted molar refractivity (Wildman–Crippen MR) is 85.3 cm³/mol. The predicted octanol–water partition coefficient (Wildman–Crippen LogP) is 3.06. The number of likely N-dealkylation sites (N-methyl/N-ethyl adjacent to an activating group) is 1. The van der Waals surface area contributed by atoms with Crippen LogP contribution in [0.2, 0.25) is 0 Å². The number of piperidine rings is 1. The summed E-state index contributed by atoms with van der Waals surface area (Å²) in [5, 5.41) is 3.38. The average Bonchev–Trinajstić information content (AvgIpc) is 2.39. The summed E-state index contributed by atoms with van der Waals surface area (Å²) in [4.78, 5) is 2.51. The Morgan fingerprint density at radius 3 is 2.89 bits per heavy atom. The van der Waals surface area contributed by atoms with Crippen molar-refractivity contribution in [3.63, 3.8) is 0 Å². The highest BCUT2D eigenvalue weighted by Crippen LogP contribution is 2.26. The van der Waals surface area contributed by atoms with E-state index in [1.165, 1.54) is 24.9 Å². The number of hydrogen-bond acceptors (Lipinski definition) is 3. The number of ether oxygens (including phenoxy) is 1. The molecule has 3 nitrogen and oxygen atoms in total. The van der Waals surface area contributed by atoms with Crippen molar-refractivity contribution in [1.82, 2.24) is 10.2 Å². The first-order valence-electron chi connectivity index (χ1n) is 6.45. The fourth-order valence-electron chi connectivity index (χ4n) is 2.50. The van der Waals surface area contributed by atoms with Gasteiger partial charge in [0.1, 0.15) is 5.75 Å². The lowest BCUT2D eigenvalue weighted by molar-refractivity contribution is 0.188. The lowest BCUT2D eigenvalue weighted by atomic mass is 10.1. The molecule has 0 saturated carbocycles. The maximum atomic E-state index is 5.25. The van der Waals surface area contributed by atoms with E-state index in [4.69, 9.17) is 4.74 Å². The molecule has 1 heterocycles. The minimum absolute atomic E-state index is 0. The summed E-state index contributed by atoms with van der Waals surface area (Å²) in [7, 11) is 3.75. The van der Waals surface area contributed by atoms with Crippen LogP contribution < -0.4 is 10.1 Å². The van der Waals surface area contributed by atoms with E-state index in [1.807, 2.05) is 6.07 Å². The van der Waals surface area contributed by atoms with Gasteiger partial charge in [0.25, 0.3) is 0 Å². The molecule has 108 valence electrons. The lowest BCUT2D eigenvalue weighted by Gasteiger charge is -2.32. The van der Waals surface area contributed by atoms with Crippen molar-refractivity contribution < 1.29 is 4.74 Å². The van der Waals surface area contributed by atoms with Gasteiger partial charge in [-0.25, -0.2) is 0 Å². The molecule has 1 atom stereocenters. The molecule has 0 bridgehead atoms. The summed E-state index contributed by atoms with van der Waals surface area (Å²) in [6.07, 6.45) is 2.57. The van der Waals surface area contributed by atoms with Crippen LogP contribution in [-0.4, -0.2) is 38.2 Å². The molecule has 1 aromatic carbocycles. The maximum absolute atomic E-state index is 5.25. The lowest BCUT2D eigenvalue weighted by Crippen LogP contribution is -2.43. The topological polar surface area (TPSA) is 24.5 Å². The minimum Gasteiger partial charge on any atom is -0.496 e. The Balaban J connectivity index is 0.00000180. The van der Waals surface area contributed by atoms with Gasteiger partial charge < -0.3 is 10.1 Å². The molecule has 0 aliphatic carbocycles. The number of likely N-dealkylation sites (tertiary alicyclic amines) is 1. The second kappa shape index (κ2) is 8.10. The summed E-state index contributed by atoms with van der Waals surface area (Å²) in [6, 6.07) is 6.97. The maximum Gasteiger partial charge on any atom is 0.133 e. The van der Waals surface area contributed by atoms with Crippen molar-refractivity contribution in [1.29, 1.82) is 0 Å². The molecular formula is C14H22BrClN2O. The molecule has 0 amide bonds. The number of methoxy groups -OCH3 is 1. The first-order valence-corrected chi connectivity index (χ1v) is 7.24. The van der Waals surface area contributed by atoms with E-state index in [9.17, 15) is 0 Å². The van der Waals surface area contributed by atoms with Crippen molar-refractivity contribution in [2.75, 3.05) is 27.2 Å². The molecule has 1 aliphatic rings. The summed E-state index contributed by atoms with van der Waals surface area (Å²) in [6.45, 7) is 3.35. The monoisotopic (exact) mass is 348 g/mol. The Morgan fingerprint density at radius 1 is 1.47 bits per heavy atom. The molecule has 0 spiro atoms. The first kappa shape index (κ1) is 16.8. The Morgan fingerprint density at radius 2 is 2.26 bits per heavy atom. The van der Waals surface area contributed by atoms with Gasteiger partial charge in [-0.1, -0.05) is 6.07 Å². The molecule has 0 aromatic heterocycles. The number of nitrogens with zero attached hydrogens (tertiary/aromatic N) is 1. The summed E-state index contributed by atoms with van der Waals surface area (Å²) < 4.78 is 6.29. The molecule has 1 aromatic rings. The zero-order valence-corrected chi connectivity index (χ0v) is 13.9. The molecule has 19 heavy (non-hydrogen) atoms. The average molecular weight is 350 g/mol. The van der Waals surface area contributed by atoms with E-state index in [-0.39, 0.29) is 12.4 Å². The van der Waals surface area contributed by atoms with Gasteiger partial charge in [-0.2, -0.15) is 0 Å². The largest absolute Gasteiger partial charge is 0.496 e. The van der Waals surface area contributed by atoms with Crippen LogP contribution in [0.1, 0.15) is 18.4 Å². The molecule has 1 fully saturated rings. The Kier molecular flexibility index (Phi) is 7.15. The SMILES string of the molecule is CNC1CCCN(Cc2ccc(OC)c(Br)c2)C1.Cl. The van der Waals surface area contributed by atoms with E-state index < -0.39 is 0 Å². The second-order valence-electron chi connectivity index (χ2n) is 4.83. The van der Waals surface area contributed by atoms with Gasteiger partial charge in [-0.05, 0) is 60.1 Å². The van der Waals surface area contributed by atoms with Crippen molar-refractivity contribution in [3.05, 3.63) is 28.2 Å². The van der Waals surface area contributed by atoms with Crippen LogP contribution in [0.3, 0.4) is 0 Å². The summed E-state index contributed by atoms with van der Waals surface area (Å²) in [5.74, 6) is 0.894. The Hall–Kier alpha value is -0.290. The van der Waals surface area contributed by atoms with Crippen LogP contribution in [0.25, 0.3) is 0 Å². The minimum atomic E-state index is 0. The van der Waals surface area contributed by atoms with Crippen LogP contribution in [0, 0.1) is 0 Å². The molecular weight excluding hydrogens is 328 g/mol.